The Kier molecular flexibility index (Phi) is 4.42. The summed E-state index contributed by atoms with van der Waals surface area (Å²) in [5, 5.41) is 2.91. The minimum absolute atomic E-state index is 0.0673. The van der Waals surface area contributed by atoms with Crippen LogP contribution in [0, 0.1) is 5.92 Å². The minimum atomic E-state index is -0.0673. The summed E-state index contributed by atoms with van der Waals surface area (Å²) in [6.07, 6.45) is 0.531. The van der Waals surface area contributed by atoms with Crippen LogP contribution in [-0.4, -0.2) is 36.9 Å². The van der Waals surface area contributed by atoms with E-state index in [1.807, 2.05) is 24.3 Å². The van der Waals surface area contributed by atoms with Crippen LogP contribution < -0.4 is 5.32 Å². The maximum Gasteiger partial charge on any atom is 0.251 e. The average Bonchev–Trinajstić information content (AvgIpc) is 2.75. The van der Waals surface area contributed by atoms with Crippen molar-refractivity contribution in [3.63, 3.8) is 0 Å². The second-order valence-corrected chi connectivity index (χ2v) is 5.83. The molecule has 0 aromatic heterocycles. The van der Waals surface area contributed by atoms with Gasteiger partial charge in [0.1, 0.15) is 0 Å². The van der Waals surface area contributed by atoms with Crippen LogP contribution in [0.15, 0.2) is 24.3 Å². The normalized spacial score (nSPS) is 18.7. The molecule has 1 aromatic carbocycles. The van der Waals surface area contributed by atoms with E-state index in [0.717, 1.165) is 6.54 Å². The Hall–Kier alpha value is -1.84. The number of carbonyl (C=O) groups excluding carboxylic acids is 2. The van der Waals surface area contributed by atoms with Gasteiger partial charge in [0, 0.05) is 38.0 Å². The molecule has 4 nitrogen and oxygen atoms in total. The molecule has 1 aliphatic rings. The minimum Gasteiger partial charge on any atom is -0.352 e. The summed E-state index contributed by atoms with van der Waals surface area (Å²) < 4.78 is 0. The fraction of sp³-hybridized carbons (Fsp3) is 0.500. The molecular weight excluding hydrogens is 252 g/mol. The first-order valence-electron chi connectivity index (χ1n) is 7.09. The summed E-state index contributed by atoms with van der Waals surface area (Å²) in [6, 6.07) is 7.70. The molecule has 0 saturated carbocycles. The van der Waals surface area contributed by atoms with Gasteiger partial charge in [0.05, 0.1) is 0 Å². The molecule has 0 spiro atoms. The molecule has 1 fully saturated rings. The molecule has 4 heteroatoms. The highest BCUT2D eigenvalue weighted by molar-refractivity contribution is 5.94. The zero-order chi connectivity index (χ0) is 14.7. The summed E-state index contributed by atoms with van der Waals surface area (Å²) in [6.45, 7) is 5.54. The quantitative estimate of drug-likeness (QED) is 0.913. The van der Waals surface area contributed by atoms with E-state index in [4.69, 9.17) is 0 Å². The number of rotatable bonds is 4. The molecular formula is C16H22N2O2. The molecule has 2 amide bonds. The van der Waals surface area contributed by atoms with Crippen LogP contribution in [0.3, 0.4) is 0 Å². The van der Waals surface area contributed by atoms with E-state index < -0.39 is 0 Å². The lowest BCUT2D eigenvalue weighted by Crippen LogP contribution is -2.30. The Morgan fingerprint density at radius 1 is 1.35 bits per heavy atom. The molecule has 0 bridgehead atoms. The maximum absolute atomic E-state index is 12.0. The van der Waals surface area contributed by atoms with Crippen molar-refractivity contribution in [3.8, 4) is 0 Å². The van der Waals surface area contributed by atoms with E-state index in [9.17, 15) is 9.59 Å². The number of nitrogens with one attached hydrogen (secondary N) is 1. The number of carbonyl (C=O) groups is 2. The van der Waals surface area contributed by atoms with Crippen molar-refractivity contribution in [2.45, 2.75) is 26.2 Å². The molecule has 1 heterocycles. The smallest absolute Gasteiger partial charge is 0.251 e. The van der Waals surface area contributed by atoms with Crippen molar-refractivity contribution >= 4 is 11.8 Å². The number of likely N-dealkylation sites (tertiary alicyclic amines) is 1. The third kappa shape index (κ3) is 3.38. The van der Waals surface area contributed by atoms with Gasteiger partial charge in [0.2, 0.25) is 5.91 Å². The van der Waals surface area contributed by atoms with Crippen molar-refractivity contribution < 1.29 is 9.59 Å². The van der Waals surface area contributed by atoms with Crippen LogP contribution in [0.4, 0.5) is 0 Å². The number of hydrogen-bond donors (Lipinski definition) is 1. The van der Waals surface area contributed by atoms with Crippen molar-refractivity contribution in [2.24, 2.45) is 5.92 Å². The molecule has 1 aliphatic heterocycles. The summed E-state index contributed by atoms with van der Waals surface area (Å²) in [4.78, 5) is 25.2. The first-order chi connectivity index (χ1) is 9.47. The van der Waals surface area contributed by atoms with Gasteiger partial charge in [0.15, 0.2) is 0 Å². The Morgan fingerprint density at radius 3 is 2.50 bits per heavy atom. The number of benzene rings is 1. The SMILES string of the molecule is CC(C)c1ccc(C(=O)NCC2CC(=O)N(C)C2)cc1. The molecule has 20 heavy (non-hydrogen) atoms. The maximum atomic E-state index is 12.0. The Balaban J connectivity index is 1.87. The van der Waals surface area contributed by atoms with E-state index in [2.05, 4.69) is 19.2 Å². The van der Waals surface area contributed by atoms with E-state index in [1.54, 1.807) is 11.9 Å². The number of hydrogen-bond acceptors (Lipinski definition) is 2. The predicted molar refractivity (Wildman–Crippen MR) is 78.6 cm³/mol. The van der Waals surface area contributed by atoms with Gasteiger partial charge < -0.3 is 10.2 Å². The third-order valence-corrected chi connectivity index (χ3v) is 3.81. The molecule has 1 unspecified atom stereocenters. The average molecular weight is 274 g/mol. The summed E-state index contributed by atoms with van der Waals surface area (Å²) in [5.74, 6) is 0.784. The molecule has 1 atom stereocenters. The van der Waals surface area contributed by atoms with Crippen molar-refractivity contribution in [1.82, 2.24) is 10.2 Å². The fourth-order valence-electron chi connectivity index (χ4n) is 2.45. The highest BCUT2D eigenvalue weighted by Crippen LogP contribution is 2.16. The first kappa shape index (κ1) is 14.6. The molecule has 1 saturated heterocycles. The molecule has 108 valence electrons. The second-order valence-electron chi connectivity index (χ2n) is 5.83. The van der Waals surface area contributed by atoms with E-state index in [-0.39, 0.29) is 17.7 Å². The highest BCUT2D eigenvalue weighted by atomic mass is 16.2. The van der Waals surface area contributed by atoms with Crippen LogP contribution in [0.1, 0.15) is 42.1 Å². The van der Waals surface area contributed by atoms with Gasteiger partial charge in [0.25, 0.3) is 5.91 Å². The summed E-state index contributed by atoms with van der Waals surface area (Å²) in [7, 11) is 1.80. The van der Waals surface area contributed by atoms with Gasteiger partial charge in [-0.1, -0.05) is 26.0 Å². The zero-order valence-corrected chi connectivity index (χ0v) is 12.3. The van der Waals surface area contributed by atoms with Gasteiger partial charge in [-0.15, -0.1) is 0 Å². The highest BCUT2D eigenvalue weighted by Gasteiger charge is 2.26. The van der Waals surface area contributed by atoms with Crippen LogP contribution in [-0.2, 0) is 4.79 Å². The van der Waals surface area contributed by atoms with E-state index >= 15 is 0 Å². The fourth-order valence-corrected chi connectivity index (χ4v) is 2.45. The van der Waals surface area contributed by atoms with Gasteiger partial charge in [-0.2, -0.15) is 0 Å². The lowest BCUT2D eigenvalue weighted by Gasteiger charge is -2.12. The van der Waals surface area contributed by atoms with Crippen molar-refractivity contribution in [2.75, 3.05) is 20.1 Å². The number of amides is 2. The monoisotopic (exact) mass is 274 g/mol. The zero-order valence-electron chi connectivity index (χ0n) is 12.3. The van der Waals surface area contributed by atoms with Gasteiger partial charge in [-0.25, -0.2) is 0 Å². The molecule has 1 aromatic rings. The van der Waals surface area contributed by atoms with E-state index in [1.165, 1.54) is 5.56 Å². The Bertz CT molecular complexity index is 494. The lowest BCUT2D eigenvalue weighted by atomic mass is 10.0. The van der Waals surface area contributed by atoms with Crippen LogP contribution >= 0.6 is 0 Å². The van der Waals surface area contributed by atoms with E-state index in [0.29, 0.717) is 24.4 Å². The molecule has 0 aliphatic carbocycles. The number of nitrogens with zero attached hydrogens (tertiary/aromatic N) is 1. The Morgan fingerprint density at radius 2 is 2.00 bits per heavy atom. The predicted octanol–water partition coefficient (Wildman–Crippen LogP) is 2.02. The largest absolute Gasteiger partial charge is 0.352 e. The Labute approximate surface area is 120 Å². The van der Waals surface area contributed by atoms with Gasteiger partial charge in [-0.3, -0.25) is 9.59 Å². The molecule has 0 radical (unpaired) electrons. The standard InChI is InChI=1S/C16H22N2O2/c1-11(2)13-4-6-14(7-5-13)16(20)17-9-12-8-15(19)18(3)10-12/h4-7,11-12H,8-10H2,1-3H3,(H,17,20). The topological polar surface area (TPSA) is 49.4 Å². The van der Waals surface area contributed by atoms with Gasteiger partial charge >= 0.3 is 0 Å². The molecule has 2 rings (SSSR count). The first-order valence-corrected chi connectivity index (χ1v) is 7.09. The lowest BCUT2D eigenvalue weighted by molar-refractivity contribution is -0.126. The molecule has 1 N–H and O–H groups in total. The van der Waals surface area contributed by atoms with Gasteiger partial charge in [-0.05, 0) is 23.6 Å². The second kappa shape index (κ2) is 6.07. The van der Waals surface area contributed by atoms with Crippen LogP contribution in [0.5, 0.6) is 0 Å². The summed E-state index contributed by atoms with van der Waals surface area (Å²) >= 11 is 0. The summed E-state index contributed by atoms with van der Waals surface area (Å²) in [5.41, 5.74) is 1.90. The van der Waals surface area contributed by atoms with Crippen molar-refractivity contribution in [1.29, 1.82) is 0 Å². The van der Waals surface area contributed by atoms with Crippen LogP contribution in [0.25, 0.3) is 0 Å². The van der Waals surface area contributed by atoms with Crippen molar-refractivity contribution in [3.05, 3.63) is 35.4 Å². The van der Waals surface area contributed by atoms with Crippen LogP contribution in [0.2, 0.25) is 0 Å². The third-order valence-electron chi connectivity index (χ3n) is 3.81.